The molecule has 4 bridgehead atoms. The number of aromatic nitrogens is 4. The molecule has 7 rings (SSSR count). The average molecular weight is 594 g/mol. The lowest BCUT2D eigenvalue weighted by Crippen LogP contribution is -2.54. The summed E-state index contributed by atoms with van der Waals surface area (Å²) in [5.74, 6) is 1.23. The number of nitrogens with zero attached hydrogens (tertiary/aromatic N) is 4. The van der Waals surface area contributed by atoms with Gasteiger partial charge in [-0.15, -0.1) is 0 Å². The first-order valence-electron chi connectivity index (χ1n) is 12.5. The SMILES string of the molecule is O=P(O)(O)CP(=O)(O)OC[C@H]1O[C@@H](n2cnc3c(NC45CC6CC(CC(C6)C4)C5)nc(Cl)nc32)[C@@H](O)C1O. The van der Waals surface area contributed by atoms with Gasteiger partial charge in [0.2, 0.25) is 5.28 Å². The number of anilines is 1. The Morgan fingerprint density at radius 3 is 2.32 bits per heavy atom. The van der Waals surface area contributed by atoms with Crippen LogP contribution in [0.3, 0.4) is 0 Å². The second-order valence-electron chi connectivity index (χ2n) is 11.3. The summed E-state index contributed by atoms with van der Waals surface area (Å²) >= 11 is 6.29. The zero-order valence-corrected chi connectivity index (χ0v) is 22.8. The van der Waals surface area contributed by atoms with Crippen LogP contribution >= 0.6 is 26.8 Å². The topological polar surface area (TPSA) is 209 Å². The van der Waals surface area contributed by atoms with Crippen LogP contribution in [0, 0.1) is 17.8 Å². The third-order valence-corrected chi connectivity index (χ3v) is 11.9. The van der Waals surface area contributed by atoms with Crippen molar-refractivity contribution in [3.05, 3.63) is 11.6 Å². The molecule has 210 valence electrons. The molecular weight excluding hydrogens is 564 g/mol. The van der Waals surface area contributed by atoms with E-state index >= 15 is 0 Å². The minimum Gasteiger partial charge on any atom is -0.387 e. The Morgan fingerprint density at radius 2 is 1.71 bits per heavy atom. The molecule has 5 fully saturated rings. The van der Waals surface area contributed by atoms with Crippen LogP contribution in [0.15, 0.2) is 6.33 Å². The fourth-order valence-corrected chi connectivity index (χ4v) is 9.97. The predicted molar refractivity (Wildman–Crippen MR) is 133 cm³/mol. The second kappa shape index (κ2) is 9.44. The van der Waals surface area contributed by atoms with E-state index in [-0.39, 0.29) is 16.5 Å². The number of imidazole rings is 1. The molecule has 5 atom stereocenters. The summed E-state index contributed by atoms with van der Waals surface area (Å²) in [5.41, 5.74) is 0.622. The molecule has 6 N–H and O–H groups in total. The maximum Gasteiger partial charge on any atom is 0.340 e. The Labute approximate surface area is 222 Å². The predicted octanol–water partition coefficient (Wildman–Crippen LogP) is 1.82. The molecule has 5 aliphatic rings. The van der Waals surface area contributed by atoms with Crippen LogP contribution in [0.5, 0.6) is 0 Å². The van der Waals surface area contributed by atoms with Crippen LogP contribution < -0.4 is 5.32 Å². The summed E-state index contributed by atoms with van der Waals surface area (Å²) in [5, 5.41) is 24.8. The monoisotopic (exact) mass is 593 g/mol. The Balaban J connectivity index is 1.23. The fraction of sp³-hybridized carbons (Fsp3) is 0.762. The summed E-state index contributed by atoms with van der Waals surface area (Å²) in [6.45, 7) is -0.691. The van der Waals surface area contributed by atoms with Gasteiger partial charge in [0.25, 0.3) is 0 Å². The molecule has 0 amide bonds. The van der Waals surface area contributed by atoms with Crippen molar-refractivity contribution >= 4 is 43.8 Å². The molecule has 17 heteroatoms. The maximum atomic E-state index is 12.0. The Morgan fingerprint density at radius 1 is 1.08 bits per heavy atom. The van der Waals surface area contributed by atoms with E-state index in [1.54, 1.807) is 0 Å². The molecule has 14 nitrogen and oxygen atoms in total. The molecule has 4 aliphatic carbocycles. The molecule has 2 aromatic heterocycles. The van der Waals surface area contributed by atoms with Crippen molar-refractivity contribution in [1.82, 2.24) is 19.5 Å². The van der Waals surface area contributed by atoms with E-state index in [2.05, 4.69) is 20.3 Å². The van der Waals surface area contributed by atoms with Crippen LogP contribution in [-0.2, 0) is 18.4 Å². The molecule has 2 unspecified atom stereocenters. The normalized spacial score (nSPS) is 38.1. The lowest BCUT2D eigenvalue weighted by Gasteiger charge is -2.57. The van der Waals surface area contributed by atoms with Gasteiger partial charge in [0, 0.05) is 5.54 Å². The average Bonchev–Trinajstić information content (AvgIpc) is 3.30. The molecule has 4 saturated carbocycles. The smallest absolute Gasteiger partial charge is 0.340 e. The molecule has 1 saturated heterocycles. The first-order chi connectivity index (χ1) is 17.8. The Bertz CT molecular complexity index is 1300. The van der Waals surface area contributed by atoms with Crippen LogP contribution in [-0.4, -0.2) is 80.8 Å². The van der Waals surface area contributed by atoms with Gasteiger partial charge in [-0.05, 0) is 67.9 Å². The second-order valence-corrected chi connectivity index (χ2v) is 15.6. The van der Waals surface area contributed by atoms with Crippen LogP contribution in [0.4, 0.5) is 5.82 Å². The molecule has 3 heterocycles. The van der Waals surface area contributed by atoms with E-state index in [9.17, 15) is 24.2 Å². The van der Waals surface area contributed by atoms with Gasteiger partial charge >= 0.3 is 15.2 Å². The minimum atomic E-state index is -4.82. The summed E-state index contributed by atoms with van der Waals surface area (Å²) in [6, 6.07) is 0. The number of aliphatic hydroxyl groups excluding tert-OH is 2. The van der Waals surface area contributed by atoms with Crippen molar-refractivity contribution in [1.29, 1.82) is 0 Å². The largest absolute Gasteiger partial charge is 0.387 e. The number of halogens is 1. The highest BCUT2D eigenvalue weighted by molar-refractivity contribution is 7.70. The van der Waals surface area contributed by atoms with E-state index in [4.69, 9.17) is 30.6 Å². The van der Waals surface area contributed by atoms with Gasteiger partial charge < -0.3 is 39.5 Å². The van der Waals surface area contributed by atoms with Gasteiger partial charge in [-0.25, -0.2) is 4.98 Å². The molecule has 0 spiro atoms. The van der Waals surface area contributed by atoms with Crippen molar-refractivity contribution in [2.24, 2.45) is 17.8 Å². The Kier molecular flexibility index (Phi) is 6.71. The van der Waals surface area contributed by atoms with Gasteiger partial charge in [-0.2, -0.15) is 9.97 Å². The highest BCUT2D eigenvalue weighted by Gasteiger charge is 2.51. The van der Waals surface area contributed by atoms with Crippen molar-refractivity contribution in [3.63, 3.8) is 0 Å². The quantitative estimate of drug-likeness (QED) is 0.191. The zero-order valence-electron chi connectivity index (χ0n) is 20.2. The number of rotatable bonds is 8. The van der Waals surface area contributed by atoms with Crippen molar-refractivity contribution < 1.29 is 43.3 Å². The molecule has 38 heavy (non-hydrogen) atoms. The standard InChI is InChI=1S/C21H30ClN5O9P2/c22-20-24-17(26-21-4-10-1-11(5-21)3-12(2-10)6-21)14-18(25-20)27(8-23-14)19-16(29)15(28)13(36-19)7-35-38(33,34)9-37(30,31)32/h8,10-13,15-16,19,28-29H,1-7,9H2,(H,33,34)(H,24,25,26)(H2,30,31,32)/t10?,11?,12?,13-,15?,16+,19-,21?/m1/s1. The molecule has 1 aliphatic heterocycles. The molecule has 2 aromatic rings. The fourth-order valence-electron chi connectivity index (χ4n) is 7.24. The van der Waals surface area contributed by atoms with Gasteiger partial charge in [0.1, 0.15) is 18.3 Å². The van der Waals surface area contributed by atoms with E-state index < -0.39 is 52.2 Å². The third-order valence-electron chi connectivity index (χ3n) is 8.23. The number of ether oxygens (including phenoxy) is 1. The van der Waals surface area contributed by atoms with E-state index in [0.717, 1.165) is 19.3 Å². The van der Waals surface area contributed by atoms with Gasteiger partial charge in [0.05, 0.1) is 12.9 Å². The van der Waals surface area contributed by atoms with Crippen molar-refractivity contribution in [2.75, 3.05) is 17.8 Å². The van der Waals surface area contributed by atoms with Gasteiger partial charge in [-0.1, -0.05) is 0 Å². The lowest BCUT2D eigenvalue weighted by molar-refractivity contribution is -0.0483. The van der Waals surface area contributed by atoms with E-state index in [1.165, 1.54) is 30.2 Å². The van der Waals surface area contributed by atoms with E-state index in [0.29, 0.717) is 29.1 Å². The number of aliphatic hydroxyl groups is 2. The number of nitrogens with one attached hydrogen (secondary N) is 1. The van der Waals surface area contributed by atoms with Gasteiger partial charge in [0.15, 0.2) is 29.1 Å². The zero-order chi connectivity index (χ0) is 27.0. The first-order valence-corrected chi connectivity index (χ1v) is 16.4. The summed E-state index contributed by atoms with van der Waals surface area (Å²) < 4.78 is 35.0. The highest BCUT2D eigenvalue weighted by atomic mass is 35.5. The lowest BCUT2D eigenvalue weighted by atomic mass is 9.53. The third kappa shape index (κ3) is 5.16. The number of fused-ring (bicyclic) bond motifs is 1. The summed E-state index contributed by atoms with van der Waals surface area (Å²) in [4.78, 5) is 40.8. The summed E-state index contributed by atoms with van der Waals surface area (Å²) in [6.07, 6.45) is 2.94. The minimum absolute atomic E-state index is 0.0296. The summed E-state index contributed by atoms with van der Waals surface area (Å²) in [7, 11) is -9.50. The van der Waals surface area contributed by atoms with Crippen LogP contribution in [0.2, 0.25) is 5.28 Å². The number of hydrogen-bond acceptors (Lipinski definition) is 10. The Hall–Kier alpha value is -1.18. The van der Waals surface area contributed by atoms with Crippen LogP contribution in [0.25, 0.3) is 11.2 Å². The number of hydrogen-bond donors (Lipinski definition) is 6. The maximum absolute atomic E-state index is 12.0. The van der Waals surface area contributed by atoms with Gasteiger partial charge in [-0.3, -0.25) is 13.7 Å². The molecule has 0 aromatic carbocycles. The van der Waals surface area contributed by atoms with E-state index in [1.807, 2.05) is 0 Å². The first kappa shape index (κ1) is 27.0. The van der Waals surface area contributed by atoms with Crippen molar-refractivity contribution in [2.45, 2.75) is 68.6 Å². The molecular formula is C21H30ClN5O9P2. The highest BCUT2D eigenvalue weighted by Crippen LogP contribution is 2.57. The molecule has 0 radical (unpaired) electrons. The van der Waals surface area contributed by atoms with Crippen LogP contribution in [0.1, 0.15) is 44.8 Å². The van der Waals surface area contributed by atoms with Crippen molar-refractivity contribution in [3.8, 4) is 0 Å².